The summed E-state index contributed by atoms with van der Waals surface area (Å²) in [5.41, 5.74) is 1.46. The lowest BCUT2D eigenvalue weighted by atomic mass is 10.2. The molecular formula is C22H27NO5. The number of carbonyl (C=O) groups is 1. The van der Waals surface area contributed by atoms with Crippen LogP contribution in [0.2, 0.25) is 0 Å². The molecule has 0 radical (unpaired) electrons. The summed E-state index contributed by atoms with van der Waals surface area (Å²) in [5.74, 6) is 2.29. The molecule has 28 heavy (non-hydrogen) atoms. The molecule has 6 heteroatoms. The van der Waals surface area contributed by atoms with E-state index in [2.05, 4.69) is 5.32 Å². The molecule has 0 aliphatic heterocycles. The number of anilines is 1. The minimum absolute atomic E-state index is 0.252. The van der Waals surface area contributed by atoms with Crippen LogP contribution in [0.1, 0.15) is 26.3 Å². The molecule has 1 N–H and O–H groups in total. The van der Waals surface area contributed by atoms with Crippen LogP contribution >= 0.6 is 0 Å². The van der Waals surface area contributed by atoms with E-state index < -0.39 is 0 Å². The number of benzene rings is 2. The monoisotopic (exact) mass is 385 g/mol. The van der Waals surface area contributed by atoms with Crippen LogP contribution in [0.4, 0.5) is 5.69 Å². The minimum atomic E-state index is -0.252. The van der Waals surface area contributed by atoms with Crippen molar-refractivity contribution in [3.05, 3.63) is 48.0 Å². The molecule has 2 aromatic carbocycles. The number of methoxy groups -OCH3 is 1. The van der Waals surface area contributed by atoms with Gasteiger partial charge in [0.15, 0.2) is 23.0 Å². The van der Waals surface area contributed by atoms with Gasteiger partial charge in [-0.25, -0.2) is 0 Å². The predicted octanol–water partition coefficient (Wildman–Crippen LogP) is 4.54. The van der Waals surface area contributed by atoms with Crippen molar-refractivity contribution in [3.63, 3.8) is 0 Å². The Labute approximate surface area is 166 Å². The summed E-state index contributed by atoms with van der Waals surface area (Å²) in [7, 11) is 1.56. The van der Waals surface area contributed by atoms with Crippen LogP contribution in [0.25, 0.3) is 6.08 Å². The van der Waals surface area contributed by atoms with Gasteiger partial charge in [0, 0.05) is 17.8 Å². The van der Waals surface area contributed by atoms with Gasteiger partial charge in [0.25, 0.3) is 0 Å². The van der Waals surface area contributed by atoms with Gasteiger partial charge in [0.1, 0.15) is 0 Å². The second-order valence-electron chi connectivity index (χ2n) is 5.69. The molecule has 0 aromatic heterocycles. The van der Waals surface area contributed by atoms with Crippen molar-refractivity contribution in [1.82, 2.24) is 0 Å². The average Bonchev–Trinajstić information content (AvgIpc) is 2.69. The molecule has 0 unspecified atom stereocenters. The third-order valence-electron chi connectivity index (χ3n) is 3.73. The van der Waals surface area contributed by atoms with Crippen LogP contribution in [0.15, 0.2) is 42.5 Å². The first-order chi connectivity index (χ1) is 13.6. The number of hydrogen-bond acceptors (Lipinski definition) is 5. The summed E-state index contributed by atoms with van der Waals surface area (Å²) in [6.45, 7) is 7.37. The molecule has 1 amide bonds. The van der Waals surface area contributed by atoms with Crippen LogP contribution in [-0.2, 0) is 4.79 Å². The number of carbonyl (C=O) groups excluding carboxylic acids is 1. The Kier molecular flexibility index (Phi) is 8.21. The van der Waals surface area contributed by atoms with Crippen LogP contribution in [0.5, 0.6) is 23.0 Å². The quantitative estimate of drug-likeness (QED) is 0.608. The zero-order valence-corrected chi connectivity index (χ0v) is 16.8. The maximum absolute atomic E-state index is 12.3. The lowest BCUT2D eigenvalue weighted by Gasteiger charge is -2.11. The highest BCUT2D eigenvalue weighted by molar-refractivity contribution is 6.02. The predicted molar refractivity (Wildman–Crippen MR) is 111 cm³/mol. The van der Waals surface area contributed by atoms with Gasteiger partial charge in [-0.15, -0.1) is 0 Å². The highest BCUT2D eigenvalue weighted by Gasteiger charge is 2.08. The van der Waals surface area contributed by atoms with Crippen molar-refractivity contribution in [2.24, 2.45) is 0 Å². The number of amides is 1. The third-order valence-corrected chi connectivity index (χ3v) is 3.73. The van der Waals surface area contributed by atoms with Crippen molar-refractivity contribution < 1.29 is 23.7 Å². The van der Waals surface area contributed by atoms with Gasteiger partial charge < -0.3 is 24.3 Å². The van der Waals surface area contributed by atoms with Crippen LogP contribution in [0.3, 0.4) is 0 Å². The largest absolute Gasteiger partial charge is 0.493 e. The Bertz CT molecular complexity index is 817. The van der Waals surface area contributed by atoms with Crippen molar-refractivity contribution in [3.8, 4) is 23.0 Å². The number of ether oxygens (including phenoxy) is 4. The van der Waals surface area contributed by atoms with Gasteiger partial charge in [0.05, 0.1) is 26.9 Å². The van der Waals surface area contributed by atoms with Crippen molar-refractivity contribution in [1.29, 1.82) is 0 Å². The van der Waals surface area contributed by atoms with Gasteiger partial charge in [-0.1, -0.05) is 6.07 Å². The summed E-state index contributed by atoms with van der Waals surface area (Å²) in [4.78, 5) is 12.3. The molecule has 0 aliphatic carbocycles. The Balaban J connectivity index is 2.08. The second-order valence-corrected chi connectivity index (χ2v) is 5.69. The molecule has 0 spiro atoms. The van der Waals surface area contributed by atoms with Crippen molar-refractivity contribution >= 4 is 17.7 Å². The Morgan fingerprint density at radius 2 is 1.46 bits per heavy atom. The lowest BCUT2D eigenvalue weighted by Crippen LogP contribution is -2.08. The topological polar surface area (TPSA) is 66.0 Å². The number of rotatable bonds is 10. The Morgan fingerprint density at radius 1 is 0.857 bits per heavy atom. The van der Waals surface area contributed by atoms with E-state index in [-0.39, 0.29) is 5.91 Å². The minimum Gasteiger partial charge on any atom is -0.493 e. The molecule has 0 fully saturated rings. The van der Waals surface area contributed by atoms with E-state index in [9.17, 15) is 4.79 Å². The lowest BCUT2D eigenvalue weighted by molar-refractivity contribution is -0.111. The smallest absolute Gasteiger partial charge is 0.248 e. The molecule has 2 rings (SSSR count). The third kappa shape index (κ3) is 5.94. The molecule has 6 nitrogen and oxygen atoms in total. The molecule has 0 saturated carbocycles. The fraction of sp³-hybridized carbons (Fsp3) is 0.318. The highest BCUT2D eigenvalue weighted by atomic mass is 16.5. The summed E-state index contributed by atoms with van der Waals surface area (Å²) in [5, 5.41) is 2.81. The van der Waals surface area contributed by atoms with Crippen molar-refractivity contribution in [2.75, 3.05) is 32.2 Å². The molecule has 0 heterocycles. The van der Waals surface area contributed by atoms with E-state index in [1.165, 1.54) is 6.08 Å². The molecular weight excluding hydrogens is 358 g/mol. The van der Waals surface area contributed by atoms with E-state index in [0.29, 0.717) is 48.5 Å². The van der Waals surface area contributed by atoms with Crippen molar-refractivity contribution in [2.45, 2.75) is 20.8 Å². The standard InChI is InChI=1S/C22H27NO5/c1-5-26-18-12-10-17(15-20(18)25-4)23-22(24)13-9-16-8-11-19(27-6-2)21(14-16)28-7-3/h8-15H,5-7H2,1-4H3,(H,23,24)/b13-9+. The zero-order chi connectivity index (χ0) is 20.4. The van der Waals surface area contributed by atoms with E-state index in [0.717, 1.165) is 5.56 Å². The van der Waals surface area contributed by atoms with E-state index >= 15 is 0 Å². The average molecular weight is 385 g/mol. The summed E-state index contributed by atoms with van der Waals surface area (Å²) < 4.78 is 21.9. The van der Waals surface area contributed by atoms with Gasteiger partial charge in [-0.3, -0.25) is 4.79 Å². The SMILES string of the molecule is CCOc1ccc(NC(=O)/C=C/c2ccc(OCC)c(OCC)c2)cc1OC. The van der Waals surface area contributed by atoms with Crippen LogP contribution in [0, 0.1) is 0 Å². The molecule has 2 aromatic rings. The fourth-order valence-corrected chi connectivity index (χ4v) is 2.55. The van der Waals surface area contributed by atoms with E-state index in [1.807, 2.05) is 39.0 Å². The summed E-state index contributed by atoms with van der Waals surface area (Å²) in [6.07, 6.45) is 3.19. The van der Waals surface area contributed by atoms with Gasteiger partial charge >= 0.3 is 0 Å². The van der Waals surface area contributed by atoms with E-state index in [1.54, 1.807) is 31.4 Å². The highest BCUT2D eigenvalue weighted by Crippen LogP contribution is 2.31. The first-order valence-corrected chi connectivity index (χ1v) is 9.30. The molecule has 0 aliphatic rings. The normalized spacial score (nSPS) is 10.6. The zero-order valence-electron chi connectivity index (χ0n) is 16.8. The summed E-state index contributed by atoms with van der Waals surface area (Å²) >= 11 is 0. The van der Waals surface area contributed by atoms with E-state index in [4.69, 9.17) is 18.9 Å². The molecule has 0 bridgehead atoms. The van der Waals surface area contributed by atoms with Crippen LogP contribution < -0.4 is 24.3 Å². The molecule has 0 saturated heterocycles. The van der Waals surface area contributed by atoms with Gasteiger partial charge in [-0.2, -0.15) is 0 Å². The Morgan fingerprint density at radius 3 is 2.11 bits per heavy atom. The first-order valence-electron chi connectivity index (χ1n) is 9.30. The maximum Gasteiger partial charge on any atom is 0.248 e. The first kappa shape index (κ1) is 21.2. The molecule has 150 valence electrons. The number of nitrogens with one attached hydrogen (secondary N) is 1. The fourth-order valence-electron chi connectivity index (χ4n) is 2.55. The van der Waals surface area contributed by atoms with Gasteiger partial charge in [0.2, 0.25) is 5.91 Å². The van der Waals surface area contributed by atoms with Crippen LogP contribution in [-0.4, -0.2) is 32.8 Å². The Hall–Kier alpha value is -3.15. The number of hydrogen-bond donors (Lipinski definition) is 1. The maximum atomic E-state index is 12.3. The summed E-state index contributed by atoms with van der Waals surface area (Å²) in [6, 6.07) is 10.8. The molecule has 0 atom stereocenters. The van der Waals surface area contributed by atoms with Gasteiger partial charge in [-0.05, 0) is 56.7 Å². The second kappa shape index (κ2) is 10.9.